The summed E-state index contributed by atoms with van der Waals surface area (Å²) in [5, 5.41) is 7.87. The molecule has 102 valence electrons. The second-order valence-corrected chi connectivity index (χ2v) is 3.96. The van der Waals surface area contributed by atoms with Crippen LogP contribution in [0.2, 0.25) is 0 Å². The van der Waals surface area contributed by atoms with Crippen LogP contribution in [-0.2, 0) is 22.4 Å². The first-order valence-corrected chi connectivity index (χ1v) is 6.33. The van der Waals surface area contributed by atoms with Crippen molar-refractivity contribution >= 4 is 5.97 Å². The van der Waals surface area contributed by atoms with E-state index in [1.165, 1.54) is 7.11 Å². The monoisotopic (exact) mass is 255 g/mol. The highest BCUT2D eigenvalue weighted by molar-refractivity contribution is 5.88. The zero-order chi connectivity index (χ0) is 13.4. The molecule has 0 spiro atoms. The number of rotatable bonds is 8. The van der Waals surface area contributed by atoms with Crippen LogP contribution >= 0.6 is 0 Å². The Hall–Kier alpha value is -1.43. The van der Waals surface area contributed by atoms with Gasteiger partial charge in [0, 0.05) is 6.61 Å². The number of hydrogen-bond acceptors (Lipinski definition) is 5. The van der Waals surface area contributed by atoms with Gasteiger partial charge in [-0.05, 0) is 12.8 Å². The summed E-state index contributed by atoms with van der Waals surface area (Å²) in [4.78, 5) is 11.5. The van der Waals surface area contributed by atoms with E-state index in [9.17, 15) is 4.79 Å². The maximum absolute atomic E-state index is 11.5. The van der Waals surface area contributed by atoms with E-state index in [-0.39, 0.29) is 0 Å². The SMILES string of the molecule is CCCOCCn1nnc(C(=O)OC)c1CCC. The van der Waals surface area contributed by atoms with Crippen LogP contribution in [0.3, 0.4) is 0 Å². The van der Waals surface area contributed by atoms with Crippen LogP contribution in [0.1, 0.15) is 42.9 Å². The van der Waals surface area contributed by atoms with Crippen molar-refractivity contribution in [3.63, 3.8) is 0 Å². The summed E-state index contributed by atoms with van der Waals surface area (Å²) in [7, 11) is 1.35. The average Bonchev–Trinajstić information content (AvgIpc) is 2.77. The molecule has 0 aliphatic carbocycles. The van der Waals surface area contributed by atoms with E-state index in [0.717, 1.165) is 31.6 Å². The Balaban J connectivity index is 2.71. The van der Waals surface area contributed by atoms with Crippen LogP contribution in [0.25, 0.3) is 0 Å². The first-order valence-electron chi connectivity index (χ1n) is 6.33. The minimum Gasteiger partial charge on any atom is -0.464 e. The van der Waals surface area contributed by atoms with Crippen LogP contribution in [-0.4, -0.2) is 41.3 Å². The van der Waals surface area contributed by atoms with Crippen molar-refractivity contribution in [3.8, 4) is 0 Å². The lowest BCUT2D eigenvalue weighted by Crippen LogP contribution is -2.13. The van der Waals surface area contributed by atoms with Crippen LogP contribution in [0.15, 0.2) is 0 Å². The Labute approximate surface area is 107 Å². The summed E-state index contributed by atoms with van der Waals surface area (Å²) in [5.74, 6) is -0.431. The van der Waals surface area contributed by atoms with Crippen molar-refractivity contribution in [2.24, 2.45) is 0 Å². The first-order chi connectivity index (χ1) is 8.74. The number of nitrogens with zero attached hydrogens (tertiary/aromatic N) is 3. The highest BCUT2D eigenvalue weighted by Crippen LogP contribution is 2.09. The van der Waals surface area contributed by atoms with Gasteiger partial charge < -0.3 is 9.47 Å². The molecule has 0 aliphatic rings. The number of carbonyl (C=O) groups is 1. The predicted molar refractivity (Wildman–Crippen MR) is 66.5 cm³/mol. The summed E-state index contributed by atoms with van der Waals surface area (Å²) in [6.45, 7) is 6.04. The van der Waals surface area contributed by atoms with Gasteiger partial charge in [0.2, 0.25) is 0 Å². The topological polar surface area (TPSA) is 66.2 Å². The Morgan fingerprint density at radius 3 is 2.67 bits per heavy atom. The van der Waals surface area contributed by atoms with Crippen molar-refractivity contribution < 1.29 is 14.3 Å². The number of esters is 1. The summed E-state index contributed by atoms with van der Waals surface area (Å²) < 4.78 is 11.8. The van der Waals surface area contributed by atoms with Gasteiger partial charge in [0.1, 0.15) is 0 Å². The van der Waals surface area contributed by atoms with Gasteiger partial charge in [-0.3, -0.25) is 0 Å². The molecule has 0 aliphatic heterocycles. The lowest BCUT2D eigenvalue weighted by Gasteiger charge is -2.07. The molecule has 0 saturated heterocycles. The van der Waals surface area contributed by atoms with Crippen LogP contribution in [0, 0.1) is 0 Å². The Morgan fingerprint density at radius 2 is 2.06 bits per heavy atom. The molecule has 0 N–H and O–H groups in total. The molecule has 1 rings (SSSR count). The van der Waals surface area contributed by atoms with Crippen LogP contribution < -0.4 is 0 Å². The highest BCUT2D eigenvalue weighted by atomic mass is 16.5. The number of carbonyl (C=O) groups excluding carboxylic acids is 1. The minimum absolute atomic E-state index is 0.315. The Bertz CT molecular complexity index is 377. The fourth-order valence-corrected chi connectivity index (χ4v) is 1.65. The first kappa shape index (κ1) is 14.6. The molecule has 1 aromatic heterocycles. The van der Waals surface area contributed by atoms with Gasteiger partial charge in [-0.1, -0.05) is 25.5 Å². The van der Waals surface area contributed by atoms with Crippen molar-refractivity contribution in [1.29, 1.82) is 0 Å². The Morgan fingerprint density at radius 1 is 1.28 bits per heavy atom. The van der Waals surface area contributed by atoms with E-state index in [2.05, 4.69) is 17.2 Å². The lowest BCUT2D eigenvalue weighted by molar-refractivity contribution is 0.0592. The van der Waals surface area contributed by atoms with E-state index < -0.39 is 5.97 Å². The van der Waals surface area contributed by atoms with E-state index in [4.69, 9.17) is 9.47 Å². The average molecular weight is 255 g/mol. The largest absolute Gasteiger partial charge is 0.464 e. The normalized spacial score (nSPS) is 10.6. The Kier molecular flexibility index (Phi) is 6.35. The molecule has 0 amide bonds. The maximum atomic E-state index is 11.5. The summed E-state index contributed by atoms with van der Waals surface area (Å²) >= 11 is 0. The van der Waals surface area contributed by atoms with Gasteiger partial charge in [-0.25, -0.2) is 9.48 Å². The molecule has 6 heteroatoms. The molecule has 6 nitrogen and oxygen atoms in total. The van der Waals surface area contributed by atoms with E-state index in [1.54, 1.807) is 4.68 Å². The second-order valence-electron chi connectivity index (χ2n) is 3.96. The van der Waals surface area contributed by atoms with E-state index in [1.807, 2.05) is 6.92 Å². The number of methoxy groups -OCH3 is 1. The molecule has 0 bridgehead atoms. The molecular formula is C12H21N3O3. The molecule has 0 saturated carbocycles. The minimum atomic E-state index is -0.431. The van der Waals surface area contributed by atoms with Crippen LogP contribution in [0.5, 0.6) is 0 Å². The molecule has 0 atom stereocenters. The van der Waals surface area contributed by atoms with Crippen molar-refractivity contribution in [2.75, 3.05) is 20.3 Å². The van der Waals surface area contributed by atoms with Crippen molar-refractivity contribution in [1.82, 2.24) is 15.0 Å². The molecule has 0 unspecified atom stereocenters. The quantitative estimate of drug-likeness (QED) is 0.519. The molecule has 0 fully saturated rings. The zero-order valence-corrected chi connectivity index (χ0v) is 11.3. The van der Waals surface area contributed by atoms with Gasteiger partial charge in [-0.2, -0.15) is 0 Å². The second kappa shape index (κ2) is 7.81. The van der Waals surface area contributed by atoms with E-state index >= 15 is 0 Å². The standard InChI is InChI=1S/C12H21N3O3/c1-4-6-10-11(12(16)17-3)13-14-15(10)7-9-18-8-5-2/h4-9H2,1-3H3. The van der Waals surface area contributed by atoms with Crippen molar-refractivity contribution in [3.05, 3.63) is 11.4 Å². The lowest BCUT2D eigenvalue weighted by atomic mass is 10.2. The molecule has 0 aromatic carbocycles. The van der Waals surface area contributed by atoms with Gasteiger partial charge in [0.25, 0.3) is 0 Å². The fourth-order valence-electron chi connectivity index (χ4n) is 1.65. The number of aromatic nitrogens is 3. The van der Waals surface area contributed by atoms with E-state index in [0.29, 0.717) is 18.8 Å². The third kappa shape index (κ3) is 3.80. The summed E-state index contributed by atoms with van der Waals surface area (Å²) in [6.07, 6.45) is 2.67. The van der Waals surface area contributed by atoms with Crippen molar-refractivity contribution in [2.45, 2.75) is 39.7 Å². The highest BCUT2D eigenvalue weighted by Gasteiger charge is 2.19. The molecule has 1 aromatic rings. The number of ether oxygens (including phenoxy) is 2. The predicted octanol–water partition coefficient (Wildman–Crippen LogP) is 1.44. The van der Waals surface area contributed by atoms with Gasteiger partial charge in [0.05, 0.1) is 26.0 Å². The molecular weight excluding hydrogens is 234 g/mol. The van der Waals surface area contributed by atoms with Crippen LogP contribution in [0.4, 0.5) is 0 Å². The summed E-state index contributed by atoms with van der Waals surface area (Å²) in [5.41, 5.74) is 1.14. The van der Waals surface area contributed by atoms with Gasteiger partial charge in [0.15, 0.2) is 5.69 Å². The third-order valence-corrected chi connectivity index (χ3v) is 2.50. The smallest absolute Gasteiger partial charge is 0.360 e. The fraction of sp³-hybridized carbons (Fsp3) is 0.750. The zero-order valence-electron chi connectivity index (χ0n) is 11.3. The number of hydrogen-bond donors (Lipinski definition) is 0. The molecule has 1 heterocycles. The summed E-state index contributed by atoms with van der Waals surface area (Å²) in [6, 6.07) is 0. The van der Waals surface area contributed by atoms with Gasteiger partial charge in [-0.15, -0.1) is 5.10 Å². The molecule has 18 heavy (non-hydrogen) atoms. The molecule has 0 radical (unpaired) electrons. The van der Waals surface area contributed by atoms with Gasteiger partial charge >= 0.3 is 5.97 Å². The third-order valence-electron chi connectivity index (χ3n) is 2.50. The maximum Gasteiger partial charge on any atom is 0.360 e.